The number of anilines is 1. The number of nitrogens with one attached hydrogen (secondary N) is 2. The summed E-state index contributed by atoms with van der Waals surface area (Å²) < 4.78 is 5.24. The number of amides is 2. The third-order valence-corrected chi connectivity index (χ3v) is 5.62. The quantitative estimate of drug-likeness (QED) is 0.537. The number of carbonyl (C=O) groups excluding carboxylic acids is 2. The fourth-order valence-corrected chi connectivity index (χ4v) is 4.14. The van der Waals surface area contributed by atoms with E-state index in [0.717, 1.165) is 21.2 Å². The Balaban J connectivity index is 1.55. The number of hydrogen-bond donors (Lipinski definition) is 2. The van der Waals surface area contributed by atoms with Gasteiger partial charge in [-0.3, -0.25) is 9.59 Å². The standard InChI is InChI=1S/C22H21ClN2O3S/c1-14-9-10-18(28-2)17(11-14)25-20(26)12-24-21(27)13-29-19-8-4-6-15-5-3-7-16(23)22(15)19/h3-11H,12-13H2,1-2H3,(H,24,27)(H,25,26). The highest BCUT2D eigenvalue weighted by Gasteiger charge is 2.11. The Hall–Kier alpha value is -2.70. The molecule has 0 aromatic heterocycles. The number of methoxy groups -OCH3 is 1. The zero-order valence-electron chi connectivity index (χ0n) is 16.1. The van der Waals surface area contributed by atoms with Gasteiger partial charge in [-0.1, -0.05) is 41.9 Å². The number of hydrogen-bond acceptors (Lipinski definition) is 4. The molecule has 3 rings (SSSR count). The van der Waals surface area contributed by atoms with E-state index >= 15 is 0 Å². The molecular formula is C22H21ClN2O3S. The summed E-state index contributed by atoms with van der Waals surface area (Å²) >= 11 is 7.70. The highest BCUT2D eigenvalue weighted by atomic mass is 35.5. The van der Waals surface area contributed by atoms with Gasteiger partial charge < -0.3 is 15.4 Å². The Morgan fingerprint density at radius 1 is 1.07 bits per heavy atom. The third-order valence-electron chi connectivity index (χ3n) is 4.25. The van der Waals surface area contributed by atoms with E-state index in [9.17, 15) is 9.59 Å². The highest BCUT2D eigenvalue weighted by Crippen LogP contribution is 2.33. The van der Waals surface area contributed by atoms with Crippen molar-refractivity contribution in [3.63, 3.8) is 0 Å². The fraction of sp³-hybridized carbons (Fsp3) is 0.182. The van der Waals surface area contributed by atoms with Crippen LogP contribution in [-0.4, -0.2) is 31.2 Å². The first-order valence-corrected chi connectivity index (χ1v) is 10.4. The lowest BCUT2D eigenvalue weighted by molar-refractivity contribution is -0.122. The van der Waals surface area contributed by atoms with E-state index in [1.54, 1.807) is 13.2 Å². The van der Waals surface area contributed by atoms with Crippen molar-refractivity contribution in [3.05, 3.63) is 65.2 Å². The van der Waals surface area contributed by atoms with Crippen molar-refractivity contribution < 1.29 is 14.3 Å². The molecule has 0 spiro atoms. The average molecular weight is 429 g/mol. The molecule has 0 saturated carbocycles. The zero-order valence-corrected chi connectivity index (χ0v) is 17.7. The van der Waals surface area contributed by atoms with E-state index in [1.807, 2.05) is 55.5 Å². The maximum absolute atomic E-state index is 12.2. The van der Waals surface area contributed by atoms with Crippen molar-refractivity contribution >= 4 is 51.6 Å². The Morgan fingerprint density at radius 2 is 1.83 bits per heavy atom. The van der Waals surface area contributed by atoms with Crippen LogP contribution in [0.5, 0.6) is 5.75 Å². The molecule has 0 aliphatic rings. The molecule has 7 heteroatoms. The first-order chi connectivity index (χ1) is 14.0. The van der Waals surface area contributed by atoms with Gasteiger partial charge in [0.15, 0.2) is 0 Å². The van der Waals surface area contributed by atoms with Crippen LogP contribution in [0.1, 0.15) is 5.56 Å². The van der Waals surface area contributed by atoms with E-state index in [4.69, 9.17) is 16.3 Å². The third kappa shape index (κ3) is 5.43. The van der Waals surface area contributed by atoms with Gasteiger partial charge in [0.1, 0.15) is 5.75 Å². The average Bonchev–Trinajstić information content (AvgIpc) is 2.71. The smallest absolute Gasteiger partial charge is 0.243 e. The van der Waals surface area contributed by atoms with Gasteiger partial charge in [0, 0.05) is 15.3 Å². The van der Waals surface area contributed by atoms with Crippen LogP contribution in [0.2, 0.25) is 5.02 Å². The predicted molar refractivity (Wildman–Crippen MR) is 119 cm³/mol. The molecule has 29 heavy (non-hydrogen) atoms. The maximum Gasteiger partial charge on any atom is 0.243 e. The summed E-state index contributed by atoms with van der Waals surface area (Å²) in [7, 11) is 1.54. The second-order valence-electron chi connectivity index (χ2n) is 6.41. The van der Waals surface area contributed by atoms with Gasteiger partial charge in [-0.15, -0.1) is 11.8 Å². The largest absolute Gasteiger partial charge is 0.495 e. The van der Waals surface area contributed by atoms with Crippen LogP contribution in [0, 0.1) is 6.92 Å². The number of fused-ring (bicyclic) bond motifs is 1. The SMILES string of the molecule is COc1ccc(C)cc1NC(=O)CNC(=O)CSc1cccc2cccc(Cl)c12. The molecule has 0 fully saturated rings. The van der Waals surface area contributed by atoms with E-state index in [-0.39, 0.29) is 24.1 Å². The van der Waals surface area contributed by atoms with Crippen LogP contribution in [0.15, 0.2) is 59.5 Å². The van der Waals surface area contributed by atoms with Gasteiger partial charge in [-0.25, -0.2) is 0 Å². The molecule has 5 nitrogen and oxygen atoms in total. The van der Waals surface area contributed by atoms with E-state index in [2.05, 4.69) is 10.6 Å². The first kappa shape index (κ1) is 21.0. The van der Waals surface area contributed by atoms with Crippen LogP contribution in [0.25, 0.3) is 10.8 Å². The minimum Gasteiger partial charge on any atom is -0.495 e. The number of thioether (sulfide) groups is 1. The van der Waals surface area contributed by atoms with Crippen LogP contribution in [0.4, 0.5) is 5.69 Å². The molecule has 0 unspecified atom stereocenters. The highest BCUT2D eigenvalue weighted by molar-refractivity contribution is 8.00. The van der Waals surface area contributed by atoms with Gasteiger partial charge in [0.25, 0.3) is 0 Å². The number of benzene rings is 3. The zero-order chi connectivity index (χ0) is 20.8. The van der Waals surface area contributed by atoms with Crippen molar-refractivity contribution in [1.29, 1.82) is 0 Å². The Bertz CT molecular complexity index is 1050. The molecule has 0 radical (unpaired) electrons. The molecule has 0 aliphatic carbocycles. The molecule has 3 aromatic carbocycles. The monoisotopic (exact) mass is 428 g/mol. The van der Waals surface area contributed by atoms with Crippen LogP contribution in [-0.2, 0) is 9.59 Å². The van der Waals surface area contributed by atoms with Crippen molar-refractivity contribution in [2.24, 2.45) is 0 Å². The van der Waals surface area contributed by atoms with E-state index in [1.165, 1.54) is 11.8 Å². The Labute approximate surface area is 178 Å². The molecule has 0 saturated heterocycles. The predicted octanol–water partition coefficient (Wildman–Crippen LogP) is 4.66. The van der Waals surface area contributed by atoms with Crippen LogP contribution in [0.3, 0.4) is 0 Å². The van der Waals surface area contributed by atoms with Crippen molar-refractivity contribution in [2.75, 3.05) is 24.7 Å². The molecule has 3 aromatic rings. The topological polar surface area (TPSA) is 67.4 Å². The van der Waals surface area contributed by atoms with Gasteiger partial charge >= 0.3 is 0 Å². The van der Waals surface area contributed by atoms with Gasteiger partial charge in [-0.2, -0.15) is 0 Å². The lowest BCUT2D eigenvalue weighted by atomic mass is 10.1. The molecule has 0 atom stereocenters. The van der Waals surface area contributed by atoms with E-state index < -0.39 is 0 Å². The maximum atomic E-state index is 12.2. The van der Waals surface area contributed by atoms with Crippen molar-refractivity contribution in [3.8, 4) is 5.75 Å². The molecule has 0 heterocycles. The molecule has 0 aliphatic heterocycles. The fourth-order valence-electron chi connectivity index (χ4n) is 2.87. The Morgan fingerprint density at radius 3 is 2.59 bits per heavy atom. The molecular weight excluding hydrogens is 408 g/mol. The number of ether oxygens (including phenoxy) is 1. The molecule has 2 N–H and O–H groups in total. The second kappa shape index (κ2) is 9.67. The number of halogens is 1. The first-order valence-electron chi connectivity index (χ1n) is 8.99. The lowest BCUT2D eigenvalue weighted by Crippen LogP contribution is -2.34. The summed E-state index contributed by atoms with van der Waals surface area (Å²) in [6.07, 6.45) is 0. The van der Waals surface area contributed by atoms with Gasteiger partial charge in [-0.05, 0) is 42.1 Å². The summed E-state index contributed by atoms with van der Waals surface area (Å²) in [6.45, 7) is 1.81. The van der Waals surface area contributed by atoms with Crippen molar-refractivity contribution in [2.45, 2.75) is 11.8 Å². The summed E-state index contributed by atoms with van der Waals surface area (Å²) in [6, 6.07) is 17.1. The lowest BCUT2D eigenvalue weighted by Gasteiger charge is -2.12. The number of carbonyl (C=O) groups is 2. The minimum absolute atomic E-state index is 0.118. The number of rotatable bonds is 7. The number of aryl methyl sites for hydroxylation is 1. The van der Waals surface area contributed by atoms with Gasteiger partial charge in [0.2, 0.25) is 11.8 Å². The molecule has 2 amide bonds. The molecule has 0 bridgehead atoms. The van der Waals surface area contributed by atoms with Gasteiger partial charge in [0.05, 0.1) is 25.1 Å². The summed E-state index contributed by atoms with van der Waals surface area (Å²) in [4.78, 5) is 25.3. The Kier molecular flexibility index (Phi) is 7.01. The normalized spacial score (nSPS) is 10.6. The van der Waals surface area contributed by atoms with Crippen LogP contribution >= 0.6 is 23.4 Å². The summed E-state index contributed by atoms with van der Waals surface area (Å²) in [5.41, 5.74) is 1.57. The summed E-state index contributed by atoms with van der Waals surface area (Å²) in [5.74, 6) is 0.204. The second-order valence-corrected chi connectivity index (χ2v) is 7.84. The summed E-state index contributed by atoms with van der Waals surface area (Å²) in [5, 5.41) is 8.00. The minimum atomic E-state index is -0.319. The van der Waals surface area contributed by atoms with Crippen molar-refractivity contribution in [1.82, 2.24) is 5.32 Å². The molecule has 150 valence electrons. The van der Waals surface area contributed by atoms with E-state index in [0.29, 0.717) is 16.5 Å². The van der Waals surface area contributed by atoms with Crippen LogP contribution < -0.4 is 15.4 Å².